The van der Waals surface area contributed by atoms with Crippen LogP contribution in [0.4, 0.5) is 5.82 Å². The van der Waals surface area contributed by atoms with Crippen molar-refractivity contribution in [2.45, 2.75) is 19.9 Å². The fourth-order valence-electron chi connectivity index (χ4n) is 1.41. The van der Waals surface area contributed by atoms with Crippen LogP contribution < -0.4 is 5.32 Å². The van der Waals surface area contributed by atoms with Gasteiger partial charge < -0.3 is 5.32 Å². The average molecular weight is 214 g/mol. The van der Waals surface area contributed by atoms with Gasteiger partial charge in [-0.1, -0.05) is 0 Å². The molecule has 0 amide bonds. The van der Waals surface area contributed by atoms with Crippen molar-refractivity contribution in [2.24, 2.45) is 0 Å². The average Bonchev–Trinajstić information content (AvgIpc) is 2.30. The Balaban J connectivity index is 2.20. The Morgan fingerprint density at radius 3 is 2.38 bits per heavy atom. The number of anilines is 1. The minimum Gasteiger partial charge on any atom is -0.368 e. The fourth-order valence-corrected chi connectivity index (χ4v) is 1.41. The van der Waals surface area contributed by atoms with Gasteiger partial charge in [0.15, 0.2) is 0 Å². The lowest BCUT2D eigenvalue weighted by Crippen LogP contribution is -2.10. The quantitative estimate of drug-likeness (QED) is 0.852. The number of rotatable bonds is 3. The Hall–Kier alpha value is -1.97. The van der Waals surface area contributed by atoms with Crippen LogP contribution in [-0.2, 0) is 0 Å². The zero-order chi connectivity index (χ0) is 11.4. The minimum atomic E-state index is 0.390. The molecule has 1 N–H and O–H groups in total. The molecular formula is C12H14N4. The van der Waals surface area contributed by atoms with Crippen LogP contribution in [0.25, 0.3) is 11.1 Å². The van der Waals surface area contributed by atoms with Crippen LogP contribution in [0.1, 0.15) is 13.8 Å². The zero-order valence-electron chi connectivity index (χ0n) is 9.38. The lowest BCUT2D eigenvalue weighted by atomic mass is 10.1. The summed E-state index contributed by atoms with van der Waals surface area (Å²) < 4.78 is 0. The molecule has 2 heterocycles. The van der Waals surface area contributed by atoms with E-state index in [9.17, 15) is 0 Å². The van der Waals surface area contributed by atoms with Crippen LogP contribution in [0.5, 0.6) is 0 Å². The summed E-state index contributed by atoms with van der Waals surface area (Å²) in [6.45, 7) is 4.17. The molecule has 4 heteroatoms. The predicted molar refractivity (Wildman–Crippen MR) is 64.0 cm³/mol. The maximum Gasteiger partial charge on any atom is 0.126 e. The molecule has 0 radical (unpaired) electrons. The predicted octanol–water partition coefficient (Wildman–Crippen LogP) is 2.36. The number of hydrogen-bond donors (Lipinski definition) is 1. The van der Waals surface area contributed by atoms with Crippen molar-refractivity contribution >= 4 is 5.82 Å². The summed E-state index contributed by atoms with van der Waals surface area (Å²) in [6.07, 6.45) is 5.24. The van der Waals surface area contributed by atoms with E-state index in [0.29, 0.717) is 6.04 Å². The fraction of sp³-hybridized carbons (Fsp3) is 0.250. The highest BCUT2D eigenvalue weighted by Gasteiger charge is 1.99. The topological polar surface area (TPSA) is 50.7 Å². The van der Waals surface area contributed by atoms with Crippen molar-refractivity contribution in [3.05, 3.63) is 36.8 Å². The van der Waals surface area contributed by atoms with E-state index in [4.69, 9.17) is 0 Å². The van der Waals surface area contributed by atoms with Gasteiger partial charge >= 0.3 is 0 Å². The lowest BCUT2D eigenvalue weighted by molar-refractivity contribution is 0.889. The van der Waals surface area contributed by atoms with Gasteiger partial charge in [0.25, 0.3) is 0 Å². The number of aromatic nitrogens is 3. The van der Waals surface area contributed by atoms with E-state index in [1.165, 1.54) is 0 Å². The Morgan fingerprint density at radius 2 is 1.81 bits per heavy atom. The van der Waals surface area contributed by atoms with Gasteiger partial charge in [-0.15, -0.1) is 0 Å². The molecule has 0 atom stereocenters. The molecule has 2 aromatic heterocycles. The summed E-state index contributed by atoms with van der Waals surface area (Å²) in [5.41, 5.74) is 2.07. The third-order valence-corrected chi connectivity index (χ3v) is 2.12. The van der Waals surface area contributed by atoms with E-state index in [2.05, 4.69) is 34.3 Å². The Morgan fingerprint density at radius 1 is 1.00 bits per heavy atom. The third kappa shape index (κ3) is 2.53. The van der Waals surface area contributed by atoms with Crippen LogP contribution in [0.15, 0.2) is 36.8 Å². The first-order valence-corrected chi connectivity index (χ1v) is 5.25. The summed E-state index contributed by atoms with van der Waals surface area (Å²) >= 11 is 0. The largest absolute Gasteiger partial charge is 0.368 e. The molecule has 0 fully saturated rings. The van der Waals surface area contributed by atoms with E-state index >= 15 is 0 Å². The molecule has 0 bridgehead atoms. The van der Waals surface area contributed by atoms with Crippen molar-refractivity contribution in [2.75, 3.05) is 5.32 Å². The van der Waals surface area contributed by atoms with E-state index in [0.717, 1.165) is 16.9 Å². The number of nitrogens with zero attached hydrogens (tertiary/aromatic N) is 3. The highest BCUT2D eigenvalue weighted by molar-refractivity contribution is 5.62. The van der Waals surface area contributed by atoms with Gasteiger partial charge in [-0.05, 0) is 32.0 Å². The summed E-state index contributed by atoms with van der Waals surface area (Å²) in [7, 11) is 0. The first-order chi connectivity index (χ1) is 7.75. The first-order valence-electron chi connectivity index (χ1n) is 5.25. The standard InChI is InChI=1S/C12H14N4/c1-9(2)16-12-4-3-10(7-13-12)11-5-6-14-15-8-11/h3-9H,1-2H3,(H,13,16). The molecule has 0 aliphatic carbocycles. The molecule has 0 saturated heterocycles. The second-order valence-electron chi connectivity index (χ2n) is 3.86. The zero-order valence-corrected chi connectivity index (χ0v) is 9.38. The molecule has 16 heavy (non-hydrogen) atoms. The van der Waals surface area contributed by atoms with Crippen molar-refractivity contribution < 1.29 is 0 Å². The van der Waals surface area contributed by atoms with Crippen LogP contribution in [0.3, 0.4) is 0 Å². The van der Waals surface area contributed by atoms with Crippen LogP contribution in [0.2, 0.25) is 0 Å². The number of hydrogen-bond acceptors (Lipinski definition) is 4. The SMILES string of the molecule is CC(C)Nc1ccc(-c2ccnnc2)cn1. The molecule has 2 aromatic rings. The van der Waals surface area contributed by atoms with Gasteiger partial charge in [-0.25, -0.2) is 4.98 Å². The second kappa shape index (κ2) is 4.70. The van der Waals surface area contributed by atoms with Crippen molar-refractivity contribution in [3.63, 3.8) is 0 Å². The summed E-state index contributed by atoms with van der Waals surface area (Å²) in [5, 5.41) is 10.8. The normalized spacial score (nSPS) is 10.4. The molecule has 0 aromatic carbocycles. The number of pyridine rings is 1. The van der Waals surface area contributed by atoms with E-state index < -0.39 is 0 Å². The highest BCUT2D eigenvalue weighted by atomic mass is 15.1. The monoisotopic (exact) mass is 214 g/mol. The molecule has 0 unspecified atom stereocenters. The Labute approximate surface area is 94.8 Å². The van der Waals surface area contributed by atoms with Crippen molar-refractivity contribution in [1.29, 1.82) is 0 Å². The van der Waals surface area contributed by atoms with Crippen LogP contribution in [-0.4, -0.2) is 21.2 Å². The third-order valence-electron chi connectivity index (χ3n) is 2.12. The molecule has 0 aliphatic rings. The smallest absolute Gasteiger partial charge is 0.126 e. The van der Waals surface area contributed by atoms with E-state index in [1.807, 2.05) is 24.4 Å². The molecule has 2 rings (SSSR count). The highest BCUT2D eigenvalue weighted by Crippen LogP contribution is 2.17. The van der Waals surface area contributed by atoms with Gasteiger partial charge in [0.05, 0.1) is 12.4 Å². The van der Waals surface area contributed by atoms with Crippen LogP contribution in [0, 0.1) is 0 Å². The lowest BCUT2D eigenvalue weighted by Gasteiger charge is -2.09. The van der Waals surface area contributed by atoms with Gasteiger partial charge in [0, 0.05) is 23.4 Å². The van der Waals surface area contributed by atoms with Gasteiger partial charge in [0.2, 0.25) is 0 Å². The second-order valence-corrected chi connectivity index (χ2v) is 3.86. The molecule has 0 spiro atoms. The molecule has 0 aliphatic heterocycles. The summed E-state index contributed by atoms with van der Waals surface area (Å²) in [6, 6.07) is 6.30. The van der Waals surface area contributed by atoms with Crippen molar-refractivity contribution in [1.82, 2.24) is 15.2 Å². The van der Waals surface area contributed by atoms with Crippen LogP contribution >= 0.6 is 0 Å². The Bertz CT molecular complexity index is 436. The first kappa shape index (κ1) is 10.5. The minimum absolute atomic E-state index is 0.390. The number of nitrogens with one attached hydrogen (secondary N) is 1. The van der Waals surface area contributed by atoms with Gasteiger partial charge in [-0.2, -0.15) is 10.2 Å². The molecule has 0 saturated carbocycles. The molecule has 4 nitrogen and oxygen atoms in total. The molecular weight excluding hydrogens is 200 g/mol. The maximum absolute atomic E-state index is 4.34. The van der Waals surface area contributed by atoms with E-state index in [1.54, 1.807) is 12.4 Å². The van der Waals surface area contributed by atoms with Crippen molar-refractivity contribution in [3.8, 4) is 11.1 Å². The van der Waals surface area contributed by atoms with E-state index in [-0.39, 0.29) is 0 Å². The summed E-state index contributed by atoms with van der Waals surface area (Å²) in [5.74, 6) is 0.890. The Kier molecular flexibility index (Phi) is 3.10. The molecule has 82 valence electrons. The van der Waals surface area contributed by atoms with Gasteiger partial charge in [0.1, 0.15) is 5.82 Å². The maximum atomic E-state index is 4.34. The summed E-state index contributed by atoms with van der Waals surface area (Å²) in [4.78, 5) is 4.34. The van der Waals surface area contributed by atoms with Gasteiger partial charge in [-0.3, -0.25) is 0 Å².